The molecule has 6 heteroatoms. The predicted molar refractivity (Wildman–Crippen MR) is 120 cm³/mol. The molecule has 1 saturated heterocycles. The van der Waals surface area contributed by atoms with E-state index in [2.05, 4.69) is 27.8 Å². The summed E-state index contributed by atoms with van der Waals surface area (Å²) >= 11 is 0. The smallest absolute Gasteiger partial charge is 0.251 e. The quantitative estimate of drug-likeness (QED) is 0.566. The fourth-order valence-corrected chi connectivity index (χ4v) is 4.60. The molecular weight excluding hydrogens is 391 g/mol. The van der Waals surface area contributed by atoms with Crippen LogP contribution in [0.5, 0.6) is 0 Å². The Balaban J connectivity index is 1.50. The minimum absolute atomic E-state index is 0.0630. The first kappa shape index (κ1) is 19.7. The van der Waals surface area contributed by atoms with Crippen LogP contribution in [0.3, 0.4) is 0 Å². The topological polar surface area (TPSA) is 80.0 Å². The van der Waals surface area contributed by atoms with E-state index in [1.165, 1.54) is 18.4 Å². The second-order valence-corrected chi connectivity index (χ2v) is 8.30. The van der Waals surface area contributed by atoms with E-state index in [-0.39, 0.29) is 11.7 Å². The van der Waals surface area contributed by atoms with Crippen LogP contribution in [0.2, 0.25) is 0 Å². The number of nitrogens with one attached hydrogen (secondary N) is 2. The molecule has 4 N–H and O–H groups in total. The van der Waals surface area contributed by atoms with E-state index in [9.17, 15) is 9.18 Å². The molecule has 0 radical (unpaired) electrons. The highest BCUT2D eigenvalue weighted by Crippen LogP contribution is 2.34. The largest absolute Gasteiger partial charge is 0.383 e. The Morgan fingerprint density at radius 2 is 1.77 bits per heavy atom. The summed E-state index contributed by atoms with van der Waals surface area (Å²) in [6.07, 6.45) is 3.10. The SMILES string of the molecule is Nc1nc(F)c(-c2ccc(C3CCCNC3)cc2)cc1-c1ccc2c(c1)CCNC2=O. The van der Waals surface area contributed by atoms with E-state index in [0.29, 0.717) is 29.2 Å². The highest BCUT2D eigenvalue weighted by Gasteiger charge is 2.20. The van der Waals surface area contributed by atoms with Gasteiger partial charge in [-0.05, 0) is 66.1 Å². The molecule has 0 saturated carbocycles. The zero-order valence-electron chi connectivity index (χ0n) is 17.2. The van der Waals surface area contributed by atoms with E-state index < -0.39 is 5.95 Å². The van der Waals surface area contributed by atoms with E-state index in [4.69, 9.17) is 5.73 Å². The number of rotatable bonds is 3. The Morgan fingerprint density at radius 3 is 2.55 bits per heavy atom. The van der Waals surface area contributed by atoms with Gasteiger partial charge in [-0.15, -0.1) is 0 Å². The number of nitrogens with zero attached hydrogens (tertiary/aromatic N) is 1. The van der Waals surface area contributed by atoms with Crippen molar-refractivity contribution in [3.63, 3.8) is 0 Å². The highest BCUT2D eigenvalue weighted by molar-refractivity contribution is 5.97. The van der Waals surface area contributed by atoms with Crippen LogP contribution in [0.1, 0.15) is 40.2 Å². The molecule has 31 heavy (non-hydrogen) atoms. The zero-order chi connectivity index (χ0) is 21.4. The van der Waals surface area contributed by atoms with Gasteiger partial charge in [-0.2, -0.15) is 4.39 Å². The van der Waals surface area contributed by atoms with Crippen molar-refractivity contribution < 1.29 is 9.18 Å². The lowest BCUT2D eigenvalue weighted by molar-refractivity contribution is 0.0946. The number of benzene rings is 2. The van der Waals surface area contributed by atoms with Gasteiger partial charge in [-0.3, -0.25) is 4.79 Å². The van der Waals surface area contributed by atoms with Crippen molar-refractivity contribution >= 4 is 11.7 Å². The number of halogens is 1. The van der Waals surface area contributed by atoms with E-state index >= 15 is 0 Å². The molecule has 0 spiro atoms. The van der Waals surface area contributed by atoms with Crippen molar-refractivity contribution in [2.75, 3.05) is 25.4 Å². The summed E-state index contributed by atoms with van der Waals surface area (Å²) in [6.45, 7) is 2.67. The fourth-order valence-electron chi connectivity index (χ4n) is 4.60. The minimum Gasteiger partial charge on any atom is -0.383 e. The van der Waals surface area contributed by atoms with Gasteiger partial charge >= 0.3 is 0 Å². The van der Waals surface area contributed by atoms with Gasteiger partial charge in [-0.1, -0.05) is 36.4 Å². The molecule has 1 amide bonds. The molecule has 0 aliphatic carbocycles. The lowest BCUT2D eigenvalue weighted by atomic mass is 9.90. The van der Waals surface area contributed by atoms with Crippen LogP contribution in [0.15, 0.2) is 48.5 Å². The Labute approximate surface area is 180 Å². The first-order valence-electron chi connectivity index (χ1n) is 10.8. The number of pyridine rings is 1. The van der Waals surface area contributed by atoms with Crippen LogP contribution < -0.4 is 16.4 Å². The van der Waals surface area contributed by atoms with Crippen LogP contribution in [-0.4, -0.2) is 30.5 Å². The molecule has 2 aliphatic heterocycles. The molecule has 2 aliphatic rings. The molecule has 2 aromatic carbocycles. The molecule has 1 aromatic heterocycles. The second kappa shape index (κ2) is 8.12. The maximum absolute atomic E-state index is 14.8. The second-order valence-electron chi connectivity index (χ2n) is 8.30. The van der Waals surface area contributed by atoms with Crippen molar-refractivity contribution in [1.29, 1.82) is 0 Å². The Hall–Kier alpha value is -3.25. The normalized spacial score (nSPS) is 18.4. The van der Waals surface area contributed by atoms with Gasteiger partial charge in [0.1, 0.15) is 5.82 Å². The van der Waals surface area contributed by atoms with Crippen LogP contribution in [0.4, 0.5) is 10.2 Å². The lowest BCUT2D eigenvalue weighted by Crippen LogP contribution is -2.31. The van der Waals surface area contributed by atoms with Crippen LogP contribution in [0.25, 0.3) is 22.3 Å². The lowest BCUT2D eigenvalue weighted by Gasteiger charge is -2.23. The fraction of sp³-hybridized carbons (Fsp3) is 0.280. The van der Waals surface area contributed by atoms with Crippen molar-refractivity contribution in [1.82, 2.24) is 15.6 Å². The summed E-state index contributed by atoms with van der Waals surface area (Å²) in [5.74, 6) is 0.00410. The molecule has 3 heterocycles. The van der Waals surface area contributed by atoms with Gasteiger partial charge in [-0.25, -0.2) is 4.98 Å². The van der Waals surface area contributed by atoms with Crippen molar-refractivity contribution in [2.45, 2.75) is 25.2 Å². The summed E-state index contributed by atoms with van der Waals surface area (Å²) in [5, 5.41) is 6.28. The molecule has 1 fully saturated rings. The van der Waals surface area contributed by atoms with Gasteiger partial charge in [0.15, 0.2) is 0 Å². The number of nitrogens with two attached hydrogens (primary N) is 1. The first-order chi connectivity index (χ1) is 15.1. The summed E-state index contributed by atoms with van der Waals surface area (Å²) in [6, 6.07) is 15.5. The van der Waals surface area contributed by atoms with Crippen LogP contribution in [0, 0.1) is 5.95 Å². The average Bonchev–Trinajstić information content (AvgIpc) is 2.80. The number of aromatic nitrogens is 1. The molecular formula is C25H25FN4O. The number of carbonyl (C=O) groups is 1. The van der Waals surface area contributed by atoms with E-state index in [1.54, 1.807) is 12.1 Å². The number of amides is 1. The van der Waals surface area contributed by atoms with Gasteiger partial charge < -0.3 is 16.4 Å². The number of carbonyl (C=O) groups excluding carboxylic acids is 1. The Bertz CT molecular complexity index is 1140. The van der Waals surface area contributed by atoms with Crippen LogP contribution >= 0.6 is 0 Å². The molecule has 1 unspecified atom stereocenters. The standard InChI is InChI=1S/C25H25FN4O/c26-23-21(16-5-3-15(4-6-16)19-2-1-10-28-14-19)13-22(24(27)30-23)17-7-8-20-18(12-17)9-11-29-25(20)31/h3-8,12-13,19,28H,1-2,9-11,14H2,(H2,27,30)(H,29,31). The monoisotopic (exact) mass is 416 g/mol. The van der Waals surface area contributed by atoms with Gasteiger partial charge in [0.2, 0.25) is 5.95 Å². The Kier molecular flexibility index (Phi) is 5.16. The number of nitrogen functional groups attached to an aromatic ring is 1. The molecule has 5 rings (SSSR count). The predicted octanol–water partition coefficient (Wildman–Crippen LogP) is 3.89. The molecule has 158 valence electrons. The molecule has 5 nitrogen and oxygen atoms in total. The summed E-state index contributed by atoms with van der Waals surface area (Å²) < 4.78 is 14.8. The zero-order valence-corrected chi connectivity index (χ0v) is 17.2. The average molecular weight is 417 g/mol. The summed E-state index contributed by atoms with van der Waals surface area (Å²) in [7, 11) is 0. The van der Waals surface area contributed by atoms with E-state index in [1.807, 2.05) is 24.3 Å². The third-order valence-corrected chi connectivity index (χ3v) is 6.34. The number of piperidine rings is 1. The van der Waals surface area contributed by atoms with Crippen molar-refractivity contribution in [2.24, 2.45) is 0 Å². The van der Waals surface area contributed by atoms with Crippen molar-refractivity contribution in [3.05, 3.63) is 71.2 Å². The number of anilines is 1. The first-order valence-corrected chi connectivity index (χ1v) is 10.8. The molecule has 1 atom stereocenters. The van der Waals surface area contributed by atoms with Gasteiger partial charge in [0.05, 0.1) is 0 Å². The molecule has 3 aromatic rings. The maximum Gasteiger partial charge on any atom is 0.251 e. The highest BCUT2D eigenvalue weighted by atomic mass is 19.1. The summed E-state index contributed by atoms with van der Waals surface area (Å²) in [4.78, 5) is 16.0. The third kappa shape index (κ3) is 3.79. The number of hydrogen-bond donors (Lipinski definition) is 3. The van der Waals surface area contributed by atoms with Crippen LogP contribution in [-0.2, 0) is 6.42 Å². The Morgan fingerprint density at radius 1 is 0.968 bits per heavy atom. The van der Waals surface area contributed by atoms with Gasteiger partial charge in [0, 0.05) is 29.8 Å². The van der Waals surface area contributed by atoms with Gasteiger partial charge in [0.25, 0.3) is 5.91 Å². The summed E-state index contributed by atoms with van der Waals surface area (Å²) in [5.41, 5.74) is 11.7. The number of hydrogen-bond acceptors (Lipinski definition) is 4. The van der Waals surface area contributed by atoms with E-state index in [0.717, 1.165) is 36.2 Å². The third-order valence-electron chi connectivity index (χ3n) is 6.34. The maximum atomic E-state index is 14.8. The number of fused-ring (bicyclic) bond motifs is 1. The minimum atomic E-state index is -0.578. The van der Waals surface area contributed by atoms with Crippen molar-refractivity contribution in [3.8, 4) is 22.3 Å². The molecule has 0 bridgehead atoms.